The van der Waals surface area contributed by atoms with Crippen LogP contribution in [-0.4, -0.2) is 37.0 Å². The molecule has 0 spiro atoms. The zero-order valence-corrected chi connectivity index (χ0v) is 10.8. The van der Waals surface area contributed by atoms with E-state index >= 15 is 0 Å². The molecule has 0 unspecified atom stereocenters. The highest BCUT2D eigenvalue weighted by molar-refractivity contribution is 5.94. The molecule has 0 radical (unpaired) electrons. The molecule has 6 heteroatoms. The molecule has 2 rings (SSSR count). The Morgan fingerprint density at radius 3 is 2.44 bits per heavy atom. The second-order valence-corrected chi connectivity index (χ2v) is 4.22. The van der Waals surface area contributed by atoms with Gasteiger partial charge in [0.25, 0.3) is 5.91 Å². The van der Waals surface area contributed by atoms with Crippen LogP contribution in [-0.2, 0) is 0 Å². The summed E-state index contributed by atoms with van der Waals surface area (Å²) in [5.74, 6) is -1.81. The maximum absolute atomic E-state index is 13.0. The largest absolute Gasteiger partial charge is 0.337 e. The lowest BCUT2D eigenvalue weighted by atomic mass is 10.1. The van der Waals surface area contributed by atoms with Crippen LogP contribution in [0.4, 0.5) is 8.78 Å². The van der Waals surface area contributed by atoms with Crippen molar-refractivity contribution in [2.75, 3.05) is 20.1 Å². The molecule has 0 bridgehead atoms. The molecule has 100 valence electrons. The minimum atomic E-state index is -0.730. The van der Waals surface area contributed by atoms with Crippen molar-refractivity contribution in [2.24, 2.45) is 0 Å². The Labute approximate surface area is 111 Å². The van der Waals surface area contributed by atoms with Crippen LogP contribution in [0.1, 0.15) is 16.8 Å². The molecule has 18 heavy (non-hydrogen) atoms. The lowest BCUT2D eigenvalue weighted by Crippen LogP contribution is -2.38. The van der Waals surface area contributed by atoms with E-state index in [9.17, 15) is 13.6 Å². The fourth-order valence-corrected chi connectivity index (χ4v) is 2.02. The predicted octanol–water partition coefficient (Wildman–Crippen LogP) is 1.82. The molecule has 1 N–H and O–H groups in total. The zero-order valence-electron chi connectivity index (χ0n) is 9.95. The monoisotopic (exact) mass is 276 g/mol. The van der Waals surface area contributed by atoms with Gasteiger partial charge in [-0.3, -0.25) is 4.79 Å². The van der Waals surface area contributed by atoms with E-state index in [0.717, 1.165) is 37.7 Å². The third-order valence-corrected chi connectivity index (χ3v) is 3.01. The van der Waals surface area contributed by atoms with Crippen molar-refractivity contribution < 1.29 is 13.6 Å². The summed E-state index contributed by atoms with van der Waals surface area (Å²) in [6.45, 7) is 1.58. The summed E-state index contributed by atoms with van der Waals surface area (Å²) < 4.78 is 26.0. The summed E-state index contributed by atoms with van der Waals surface area (Å²) >= 11 is 0. The van der Waals surface area contributed by atoms with Gasteiger partial charge < -0.3 is 10.2 Å². The van der Waals surface area contributed by atoms with Gasteiger partial charge in [0.15, 0.2) is 0 Å². The van der Waals surface area contributed by atoms with E-state index in [4.69, 9.17) is 0 Å². The number of hydrogen-bond acceptors (Lipinski definition) is 2. The summed E-state index contributed by atoms with van der Waals surface area (Å²) in [7, 11) is 1.66. The molecule has 1 aliphatic rings. The lowest BCUT2D eigenvalue weighted by Gasteiger charge is -2.23. The molecule has 1 aromatic rings. The van der Waals surface area contributed by atoms with E-state index in [-0.39, 0.29) is 29.9 Å². The van der Waals surface area contributed by atoms with Crippen molar-refractivity contribution in [3.63, 3.8) is 0 Å². The van der Waals surface area contributed by atoms with Gasteiger partial charge in [-0.05, 0) is 25.1 Å². The number of hydrogen-bond donors (Lipinski definition) is 1. The Morgan fingerprint density at radius 2 is 1.94 bits per heavy atom. The standard InChI is InChI=1S/C12H14F2N2O.ClH/c1-16(11-2-3-15-7-11)12(17)8-4-9(13)6-10(14)5-8;/h4-6,11,15H,2-3,7H2,1H3;1H/t11-;/m0./s1. The molecule has 0 aliphatic carbocycles. The minimum absolute atomic E-state index is 0. The number of rotatable bonds is 2. The van der Waals surface area contributed by atoms with Gasteiger partial charge in [0.2, 0.25) is 0 Å². The zero-order chi connectivity index (χ0) is 12.4. The van der Waals surface area contributed by atoms with Gasteiger partial charge in [0.1, 0.15) is 11.6 Å². The molecular formula is C12H15ClF2N2O. The fourth-order valence-electron chi connectivity index (χ4n) is 2.02. The van der Waals surface area contributed by atoms with Crippen LogP contribution in [0.25, 0.3) is 0 Å². The van der Waals surface area contributed by atoms with Crippen LogP contribution < -0.4 is 5.32 Å². The highest BCUT2D eigenvalue weighted by Crippen LogP contribution is 2.14. The topological polar surface area (TPSA) is 32.3 Å². The SMILES string of the molecule is CN(C(=O)c1cc(F)cc(F)c1)[C@H]1CCNC1.Cl. The average molecular weight is 277 g/mol. The molecule has 1 fully saturated rings. The van der Waals surface area contributed by atoms with Gasteiger partial charge in [-0.2, -0.15) is 0 Å². The molecule has 1 amide bonds. The number of carbonyl (C=O) groups is 1. The molecule has 1 saturated heterocycles. The highest BCUT2D eigenvalue weighted by atomic mass is 35.5. The third-order valence-electron chi connectivity index (χ3n) is 3.01. The molecule has 3 nitrogen and oxygen atoms in total. The van der Waals surface area contributed by atoms with Gasteiger partial charge in [-0.1, -0.05) is 0 Å². The Kier molecular flexibility index (Phi) is 5.04. The van der Waals surface area contributed by atoms with Crippen molar-refractivity contribution >= 4 is 18.3 Å². The Balaban J connectivity index is 0.00000162. The Hall–Kier alpha value is -1.20. The third kappa shape index (κ3) is 3.17. The first-order valence-electron chi connectivity index (χ1n) is 5.52. The van der Waals surface area contributed by atoms with Crippen LogP contribution in [0.15, 0.2) is 18.2 Å². The molecular weight excluding hydrogens is 262 g/mol. The van der Waals surface area contributed by atoms with Crippen LogP contribution in [0, 0.1) is 11.6 Å². The van der Waals surface area contributed by atoms with E-state index in [1.54, 1.807) is 7.05 Å². The summed E-state index contributed by atoms with van der Waals surface area (Å²) in [5.41, 5.74) is 0.0527. The van der Waals surface area contributed by atoms with Crippen LogP contribution in [0.3, 0.4) is 0 Å². The van der Waals surface area contributed by atoms with Crippen LogP contribution in [0.5, 0.6) is 0 Å². The first kappa shape index (κ1) is 14.9. The van der Waals surface area contributed by atoms with Crippen molar-refractivity contribution in [1.29, 1.82) is 0 Å². The van der Waals surface area contributed by atoms with Crippen LogP contribution >= 0.6 is 12.4 Å². The first-order valence-corrected chi connectivity index (χ1v) is 5.52. The summed E-state index contributed by atoms with van der Waals surface area (Å²) in [4.78, 5) is 13.5. The van der Waals surface area contributed by atoms with Gasteiger partial charge in [0.05, 0.1) is 0 Å². The summed E-state index contributed by atoms with van der Waals surface area (Å²) in [6, 6.07) is 2.97. The number of carbonyl (C=O) groups excluding carboxylic acids is 1. The van der Waals surface area contributed by atoms with Crippen molar-refractivity contribution in [1.82, 2.24) is 10.2 Å². The van der Waals surface area contributed by atoms with Gasteiger partial charge in [-0.15, -0.1) is 12.4 Å². The Morgan fingerprint density at radius 1 is 1.33 bits per heavy atom. The van der Waals surface area contributed by atoms with E-state index in [2.05, 4.69) is 5.32 Å². The quantitative estimate of drug-likeness (QED) is 0.894. The maximum Gasteiger partial charge on any atom is 0.254 e. The van der Waals surface area contributed by atoms with Crippen molar-refractivity contribution in [3.05, 3.63) is 35.4 Å². The first-order chi connectivity index (χ1) is 8.08. The number of likely N-dealkylation sites (N-methyl/N-ethyl adjacent to an activating group) is 1. The number of benzene rings is 1. The molecule has 1 atom stereocenters. The predicted molar refractivity (Wildman–Crippen MR) is 67.0 cm³/mol. The van der Waals surface area contributed by atoms with Gasteiger partial charge in [0, 0.05) is 31.3 Å². The number of nitrogens with zero attached hydrogens (tertiary/aromatic N) is 1. The minimum Gasteiger partial charge on any atom is -0.337 e. The van der Waals surface area contributed by atoms with Crippen LogP contribution in [0.2, 0.25) is 0 Å². The highest BCUT2D eigenvalue weighted by Gasteiger charge is 2.24. The van der Waals surface area contributed by atoms with E-state index in [1.807, 2.05) is 0 Å². The molecule has 1 aliphatic heterocycles. The fraction of sp³-hybridized carbons (Fsp3) is 0.417. The number of amides is 1. The van der Waals surface area contributed by atoms with Gasteiger partial charge >= 0.3 is 0 Å². The van der Waals surface area contributed by atoms with E-state index in [1.165, 1.54) is 4.90 Å². The number of halogens is 3. The second kappa shape index (κ2) is 6.11. The van der Waals surface area contributed by atoms with Crippen molar-refractivity contribution in [2.45, 2.75) is 12.5 Å². The van der Waals surface area contributed by atoms with Gasteiger partial charge in [-0.25, -0.2) is 8.78 Å². The lowest BCUT2D eigenvalue weighted by molar-refractivity contribution is 0.0742. The normalized spacial score (nSPS) is 18.3. The molecule has 0 aromatic heterocycles. The van der Waals surface area contributed by atoms with E-state index < -0.39 is 11.6 Å². The smallest absolute Gasteiger partial charge is 0.254 e. The number of nitrogens with one attached hydrogen (secondary N) is 1. The molecule has 0 saturated carbocycles. The van der Waals surface area contributed by atoms with Crippen molar-refractivity contribution in [3.8, 4) is 0 Å². The Bertz CT molecular complexity index is 416. The second-order valence-electron chi connectivity index (χ2n) is 4.22. The summed E-state index contributed by atoms with van der Waals surface area (Å²) in [5, 5.41) is 3.14. The maximum atomic E-state index is 13.0. The summed E-state index contributed by atoms with van der Waals surface area (Å²) in [6.07, 6.45) is 0.861. The average Bonchev–Trinajstić information content (AvgIpc) is 2.79. The molecule has 1 aromatic carbocycles. The van der Waals surface area contributed by atoms with E-state index in [0.29, 0.717) is 0 Å². The molecule has 1 heterocycles.